The first-order valence-corrected chi connectivity index (χ1v) is 7.22. The molecule has 0 spiro atoms. The molecule has 1 heterocycles. The fraction of sp³-hybridized carbons (Fsp3) is 0.312. The number of cyclic esters (lactones) is 1. The molecule has 1 saturated heterocycles. The third-order valence-corrected chi connectivity index (χ3v) is 3.99. The first kappa shape index (κ1) is 16.2. The molecule has 0 atom stereocenters. The lowest BCUT2D eigenvalue weighted by Gasteiger charge is -2.20. The smallest absolute Gasteiger partial charge is 0.404 e. The number of hydrogen-bond acceptors (Lipinski definition) is 4. The highest BCUT2D eigenvalue weighted by molar-refractivity contribution is 7.80. The lowest BCUT2D eigenvalue weighted by molar-refractivity contribution is -0.114. The predicted molar refractivity (Wildman–Crippen MR) is 88.9 cm³/mol. The van der Waals surface area contributed by atoms with Crippen molar-refractivity contribution in [3.05, 3.63) is 39.7 Å². The SMILES string of the molecule is CC(C)=C1OC(=O)N(c2c(C)cc(C(N)=S)c(C)c2C)C1=O. The number of allylic oxidation sites excluding steroid dienone is 1. The maximum absolute atomic E-state index is 12.5. The third-order valence-electron chi connectivity index (χ3n) is 3.77. The minimum absolute atomic E-state index is 0.0832. The molecule has 1 aliphatic rings. The van der Waals surface area contributed by atoms with Crippen molar-refractivity contribution in [2.45, 2.75) is 34.6 Å². The number of imide groups is 1. The second kappa shape index (κ2) is 5.53. The number of rotatable bonds is 2. The molecule has 116 valence electrons. The Morgan fingerprint density at radius 3 is 2.23 bits per heavy atom. The van der Waals surface area contributed by atoms with E-state index in [2.05, 4.69) is 0 Å². The number of nitrogens with two attached hydrogens (primary N) is 1. The van der Waals surface area contributed by atoms with E-state index in [4.69, 9.17) is 22.7 Å². The van der Waals surface area contributed by atoms with Gasteiger partial charge in [0.1, 0.15) is 4.99 Å². The molecule has 0 bridgehead atoms. The molecule has 22 heavy (non-hydrogen) atoms. The summed E-state index contributed by atoms with van der Waals surface area (Å²) in [6.07, 6.45) is -0.685. The van der Waals surface area contributed by atoms with Crippen molar-refractivity contribution in [3.63, 3.8) is 0 Å². The zero-order valence-electron chi connectivity index (χ0n) is 13.2. The summed E-state index contributed by atoms with van der Waals surface area (Å²) in [6, 6.07) is 1.79. The Morgan fingerprint density at radius 2 is 1.77 bits per heavy atom. The topological polar surface area (TPSA) is 72.6 Å². The van der Waals surface area contributed by atoms with Gasteiger partial charge in [0.15, 0.2) is 5.76 Å². The van der Waals surface area contributed by atoms with E-state index in [0.717, 1.165) is 27.2 Å². The number of amides is 2. The molecule has 1 aromatic carbocycles. The summed E-state index contributed by atoms with van der Waals surface area (Å²) in [4.78, 5) is 26.0. The lowest BCUT2D eigenvalue weighted by Crippen LogP contribution is -2.30. The van der Waals surface area contributed by atoms with Crippen molar-refractivity contribution in [2.75, 3.05) is 4.90 Å². The molecule has 0 saturated carbocycles. The first-order valence-electron chi connectivity index (χ1n) is 6.81. The second-order valence-corrected chi connectivity index (χ2v) is 5.98. The van der Waals surface area contributed by atoms with Gasteiger partial charge in [-0.15, -0.1) is 0 Å². The molecule has 2 N–H and O–H groups in total. The highest BCUT2D eigenvalue weighted by atomic mass is 32.1. The predicted octanol–water partition coefficient (Wildman–Crippen LogP) is 3.02. The van der Waals surface area contributed by atoms with Gasteiger partial charge in [-0.1, -0.05) is 12.2 Å². The molecule has 1 aromatic rings. The molecule has 2 amide bonds. The van der Waals surface area contributed by atoms with Crippen molar-refractivity contribution in [2.24, 2.45) is 5.73 Å². The molecular weight excluding hydrogens is 300 g/mol. The first-order chi connectivity index (χ1) is 10.2. The van der Waals surface area contributed by atoms with Crippen LogP contribution in [-0.4, -0.2) is 17.0 Å². The van der Waals surface area contributed by atoms with E-state index in [1.165, 1.54) is 0 Å². The third kappa shape index (κ3) is 2.39. The van der Waals surface area contributed by atoms with Gasteiger partial charge in [-0.25, -0.2) is 9.69 Å². The van der Waals surface area contributed by atoms with E-state index in [1.54, 1.807) is 19.9 Å². The molecule has 0 aliphatic carbocycles. The van der Waals surface area contributed by atoms with Gasteiger partial charge in [-0.05, 0) is 62.9 Å². The zero-order valence-corrected chi connectivity index (χ0v) is 14.1. The fourth-order valence-electron chi connectivity index (χ4n) is 2.54. The fourth-order valence-corrected chi connectivity index (χ4v) is 2.75. The van der Waals surface area contributed by atoms with Crippen LogP contribution in [0.5, 0.6) is 0 Å². The minimum Gasteiger partial charge on any atom is -0.404 e. The van der Waals surface area contributed by atoms with Crippen molar-refractivity contribution >= 4 is 34.9 Å². The summed E-state index contributed by atoms with van der Waals surface area (Å²) in [5.41, 5.74) is 10.0. The van der Waals surface area contributed by atoms with Crippen LogP contribution in [0.2, 0.25) is 0 Å². The summed E-state index contributed by atoms with van der Waals surface area (Å²) >= 11 is 5.04. The summed E-state index contributed by atoms with van der Waals surface area (Å²) in [5, 5.41) is 0. The number of carbonyl (C=O) groups excluding carboxylic acids is 2. The number of anilines is 1. The highest BCUT2D eigenvalue weighted by Crippen LogP contribution is 2.34. The Balaban J connectivity index is 2.67. The normalized spacial score (nSPS) is 14.4. The Labute approximate surface area is 134 Å². The van der Waals surface area contributed by atoms with Crippen LogP contribution in [0.3, 0.4) is 0 Å². The van der Waals surface area contributed by atoms with E-state index in [9.17, 15) is 9.59 Å². The quantitative estimate of drug-likeness (QED) is 0.670. The van der Waals surface area contributed by atoms with E-state index in [-0.39, 0.29) is 10.7 Å². The number of nitrogens with zero attached hydrogens (tertiary/aromatic N) is 1. The van der Waals surface area contributed by atoms with Gasteiger partial charge >= 0.3 is 12.0 Å². The average molecular weight is 318 g/mol. The molecule has 2 rings (SSSR count). The van der Waals surface area contributed by atoms with Gasteiger partial charge in [-0.3, -0.25) is 4.79 Å². The van der Waals surface area contributed by atoms with Gasteiger partial charge in [0.2, 0.25) is 0 Å². The van der Waals surface area contributed by atoms with Crippen LogP contribution in [0.1, 0.15) is 36.1 Å². The summed E-state index contributed by atoms with van der Waals surface area (Å²) in [6.45, 7) is 8.96. The van der Waals surface area contributed by atoms with E-state index in [0.29, 0.717) is 11.3 Å². The van der Waals surface area contributed by atoms with Gasteiger partial charge in [0, 0.05) is 5.56 Å². The van der Waals surface area contributed by atoms with Crippen molar-refractivity contribution in [1.82, 2.24) is 0 Å². The van der Waals surface area contributed by atoms with Crippen LogP contribution in [0, 0.1) is 20.8 Å². The molecule has 1 aliphatic heterocycles. The van der Waals surface area contributed by atoms with Crippen LogP contribution in [0.25, 0.3) is 0 Å². The van der Waals surface area contributed by atoms with E-state index >= 15 is 0 Å². The maximum atomic E-state index is 12.5. The van der Waals surface area contributed by atoms with Crippen molar-refractivity contribution in [1.29, 1.82) is 0 Å². The summed E-state index contributed by atoms with van der Waals surface area (Å²) < 4.78 is 5.10. The molecule has 6 heteroatoms. The Kier molecular flexibility index (Phi) is 4.06. The largest absolute Gasteiger partial charge is 0.427 e. The maximum Gasteiger partial charge on any atom is 0.427 e. The Hall–Kier alpha value is -2.21. The summed E-state index contributed by atoms with van der Waals surface area (Å²) in [7, 11) is 0. The summed E-state index contributed by atoms with van der Waals surface area (Å²) in [5.74, 6) is -0.362. The molecule has 0 radical (unpaired) electrons. The van der Waals surface area contributed by atoms with Crippen molar-refractivity contribution in [3.8, 4) is 0 Å². The van der Waals surface area contributed by atoms with Gasteiger partial charge in [0.05, 0.1) is 5.69 Å². The molecule has 1 fully saturated rings. The molecular formula is C16H18N2O3S. The molecule has 0 unspecified atom stereocenters. The number of aryl methyl sites for hydroxylation is 1. The molecule has 5 nitrogen and oxygen atoms in total. The number of ether oxygens (including phenoxy) is 1. The zero-order chi connectivity index (χ0) is 16.8. The average Bonchev–Trinajstić information content (AvgIpc) is 2.71. The van der Waals surface area contributed by atoms with Crippen LogP contribution in [0.4, 0.5) is 10.5 Å². The van der Waals surface area contributed by atoms with E-state index in [1.807, 2.05) is 20.8 Å². The minimum atomic E-state index is -0.685. The lowest BCUT2D eigenvalue weighted by atomic mass is 9.96. The standard InChI is InChI=1S/C16H18N2O3S/c1-7(2)13-15(19)18(16(20)21-13)12-8(3)6-11(14(17)22)9(4)10(12)5/h6H,1-5H3,(H2,17,22). The van der Waals surface area contributed by atoms with Gasteiger partial charge in [-0.2, -0.15) is 0 Å². The molecule has 0 aromatic heterocycles. The van der Waals surface area contributed by atoms with Crippen LogP contribution in [0.15, 0.2) is 17.4 Å². The van der Waals surface area contributed by atoms with Crippen molar-refractivity contribution < 1.29 is 14.3 Å². The highest BCUT2D eigenvalue weighted by Gasteiger charge is 2.40. The number of thiocarbonyl (C=S) groups is 1. The monoisotopic (exact) mass is 318 g/mol. The van der Waals surface area contributed by atoms with Gasteiger partial charge < -0.3 is 10.5 Å². The number of hydrogen-bond donors (Lipinski definition) is 1. The number of carbonyl (C=O) groups is 2. The number of benzene rings is 1. The van der Waals surface area contributed by atoms with Gasteiger partial charge in [0.25, 0.3) is 0 Å². The Morgan fingerprint density at radius 1 is 1.18 bits per heavy atom. The van der Waals surface area contributed by atoms with E-state index < -0.39 is 12.0 Å². The van der Waals surface area contributed by atoms with Crippen LogP contribution in [-0.2, 0) is 9.53 Å². The second-order valence-electron chi connectivity index (χ2n) is 5.54. The Bertz CT molecular complexity index is 746. The van der Waals surface area contributed by atoms with Crippen LogP contribution >= 0.6 is 12.2 Å². The van der Waals surface area contributed by atoms with Crippen LogP contribution < -0.4 is 10.6 Å².